The van der Waals surface area contributed by atoms with Gasteiger partial charge in [0.05, 0.1) is 22.8 Å². The molecule has 32 heavy (non-hydrogen) atoms. The van der Waals surface area contributed by atoms with Crippen molar-refractivity contribution < 1.29 is 0 Å². The van der Waals surface area contributed by atoms with Gasteiger partial charge in [0.1, 0.15) is 12.1 Å². The van der Waals surface area contributed by atoms with E-state index in [-0.39, 0.29) is 6.04 Å². The van der Waals surface area contributed by atoms with E-state index in [1.165, 1.54) is 17.3 Å². The summed E-state index contributed by atoms with van der Waals surface area (Å²) in [6, 6.07) is 20.2. The topological polar surface area (TPSA) is 81.4 Å². The van der Waals surface area contributed by atoms with E-state index in [0.29, 0.717) is 5.95 Å². The number of fused-ring (bicyclic) bond motifs is 1. The molecule has 1 N–H and O–H groups in total. The van der Waals surface area contributed by atoms with E-state index in [4.69, 9.17) is 4.98 Å². The van der Waals surface area contributed by atoms with Gasteiger partial charge in [-0.2, -0.15) is 4.98 Å². The number of benzene rings is 2. The van der Waals surface area contributed by atoms with Crippen molar-refractivity contribution in [3.8, 4) is 17.1 Å². The largest absolute Gasteiger partial charge is 0.348 e. The number of imidazole rings is 1. The first-order valence-corrected chi connectivity index (χ1v) is 11.4. The minimum absolute atomic E-state index is 0.0903. The molecule has 5 aromatic rings. The molecule has 0 amide bonds. The first-order chi connectivity index (χ1) is 15.7. The van der Waals surface area contributed by atoms with Gasteiger partial charge in [0.2, 0.25) is 5.95 Å². The number of anilines is 1. The summed E-state index contributed by atoms with van der Waals surface area (Å²) >= 11 is 1.52. The van der Waals surface area contributed by atoms with Gasteiger partial charge < -0.3 is 5.32 Å². The molecule has 0 bridgehead atoms. The van der Waals surface area contributed by atoms with Crippen molar-refractivity contribution >= 4 is 28.7 Å². The highest BCUT2D eigenvalue weighted by Crippen LogP contribution is 2.25. The maximum absolute atomic E-state index is 4.71. The Balaban J connectivity index is 1.44. The minimum atomic E-state index is 0.0903. The average molecular weight is 440 g/mol. The Morgan fingerprint density at radius 2 is 1.75 bits per heavy atom. The molecule has 0 fully saturated rings. The van der Waals surface area contributed by atoms with Crippen molar-refractivity contribution in [3.05, 3.63) is 84.9 Å². The predicted octanol–water partition coefficient (Wildman–Crippen LogP) is 5.17. The number of nitrogens with zero attached hydrogens (tertiary/aromatic N) is 6. The molecule has 0 unspecified atom stereocenters. The molecule has 3 aromatic heterocycles. The van der Waals surface area contributed by atoms with Gasteiger partial charge in [-0.15, -0.1) is 0 Å². The van der Waals surface area contributed by atoms with E-state index in [1.807, 2.05) is 59.4 Å². The normalized spacial score (nSPS) is 12.1. The molecule has 2 aromatic carbocycles. The van der Waals surface area contributed by atoms with Crippen molar-refractivity contribution in [1.29, 1.82) is 0 Å². The zero-order chi connectivity index (χ0) is 21.9. The highest BCUT2D eigenvalue weighted by Gasteiger charge is 2.11. The third kappa shape index (κ3) is 4.04. The molecule has 0 aliphatic carbocycles. The lowest BCUT2D eigenvalue weighted by Gasteiger charge is -2.14. The molecule has 0 radical (unpaired) electrons. The van der Waals surface area contributed by atoms with Gasteiger partial charge in [-0.25, -0.2) is 19.9 Å². The Labute approximate surface area is 190 Å². The number of hydrogen-bond donors (Lipinski definition) is 1. The van der Waals surface area contributed by atoms with E-state index < -0.39 is 0 Å². The summed E-state index contributed by atoms with van der Waals surface area (Å²) in [5, 5.41) is 4.13. The van der Waals surface area contributed by atoms with E-state index in [1.54, 1.807) is 18.7 Å². The lowest BCUT2D eigenvalue weighted by molar-refractivity contribution is 0.854. The van der Waals surface area contributed by atoms with Gasteiger partial charge in [0.25, 0.3) is 0 Å². The van der Waals surface area contributed by atoms with E-state index in [9.17, 15) is 0 Å². The smallest absolute Gasteiger partial charge is 0.225 e. The Hall–Kier alpha value is -3.78. The molecule has 0 saturated heterocycles. The van der Waals surface area contributed by atoms with E-state index in [2.05, 4.69) is 44.3 Å². The summed E-state index contributed by atoms with van der Waals surface area (Å²) in [6.07, 6.45) is 7.29. The fraction of sp³-hybridized carbons (Fsp3) is 0.125. The van der Waals surface area contributed by atoms with Crippen molar-refractivity contribution in [2.45, 2.75) is 18.1 Å². The lowest BCUT2D eigenvalue weighted by Crippen LogP contribution is -2.10. The summed E-state index contributed by atoms with van der Waals surface area (Å²) in [6.45, 7) is 2.09. The van der Waals surface area contributed by atoms with Crippen LogP contribution < -0.4 is 5.32 Å². The maximum atomic E-state index is 4.71. The molecular weight excluding hydrogens is 418 g/mol. The second-order valence-corrected chi connectivity index (χ2v) is 8.04. The molecule has 0 aliphatic rings. The van der Waals surface area contributed by atoms with E-state index >= 15 is 0 Å². The van der Waals surface area contributed by atoms with Crippen LogP contribution in [0.3, 0.4) is 0 Å². The van der Waals surface area contributed by atoms with Crippen molar-refractivity contribution in [2.75, 3.05) is 11.6 Å². The third-order valence-electron chi connectivity index (χ3n) is 5.19. The lowest BCUT2D eigenvalue weighted by atomic mass is 10.1. The molecule has 0 aliphatic heterocycles. The molecule has 7 nitrogen and oxygen atoms in total. The molecular formula is C24H21N7S. The molecule has 0 spiro atoms. The van der Waals surface area contributed by atoms with Crippen LogP contribution in [0.25, 0.3) is 28.1 Å². The summed E-state index contributed by atoms with van der Waals surface area (Å²) in [5.41, 5.74) is 4.90. The van der Waals surface area contributed by atoms with Crippen LogP contribution in [0.4, 0.5) is 5.95 Å². The van der Waals surface area contributed by atoms with Crippen molar-refractivity contribution in [3.63, 3.8) is 0 Å². The van der Waals surface area contributed by atoms with Crippen LogP contribution in [0.1, 0.15) is 18.5 Å². The fourth-order valence-corrected chi connectivity index (χ4v) is 3.88. The highest BCUT2D eigenvalue weighted by atomic mass is 32.2. The van der Waals surface area contributed by atoms with Gasteiger partial charge in [0.15, 0.2) is 5.16 Å². The van der Waals surface area contributed by atoms with Crippen molar-refractivity contribution in [2.24, 2.45) is 0 Å². The number of hydrogen-bond acceptors (Lipinski definition) is 7. The standard InChI is InChI=1S/C24H21N7S/c1-16(17-6-4-3-5-7-17)28-23-25-13-11-22(30-23)31-15-27-20-14-18(8-9-21(20)31)19-10-12-26-24(29-19)32-2/h3-16H,1-2H3,(H,25,28,30)/t16-/m0/s1. The fourth-order valence-electron chi connectivity index (χ4n) is 3.53. The second kappa shape index (κ2) is 8.76. The first kappa shape index (κ1) is 20.1. The summed E-state index contributed by atoms with van der Waals surface area (Å²) < 4.78 is 1.96. The van der Waals surface area contributed by atoms with Gasteiger partial charge >= 0.3 is 0 Å². The first-order valence-electron chi connectivity index (χ1n) is 10.2. The quantitative estimate of drug-likeness (QED) is 0.289. The summed E-state index contributed by atoms with van der Waals surface area (Å²) in [4.78, 5) is 22.5. The van der Waals surface area contributed by atoms with Gasteiger partial charge in [-0.3, -0.25) is 4.57 Å². The Bertz CT molecular complexity index is 1370. The number of rotatable bonds is 6. The molecule has 3 heterocycles. The van der Waals surface area contributed by atoms with Gasteiger partial charge in [-0.05, 0) is 43.0 Å². The van der Waals surface area contributed by atoms with Crippen LogP contribution in [0.5, 0.6) is 0 Å². The second-order valence-electron chi connectivity index (χ2n) is 7.26. The van der Waals surface area contributed by atoms with Crippen LogP contribution in [0.2, 0.25) is 0 Å². The monoisotopic (exact) mass is 439 g/mol. The number of thioether (sulfide) groups is 1. The summed E-state index contributed by atoms with van der Waals surface area (Å²) in [7, 11) is 0. The molecule has 158 valence electrons. The predicted molar refractivity (Wildman–Crippen MR) is 128 cm³/mol. The van der Waals surface area contributed by atoms with Crippen LogP contribution >= 0.6 is 11.8 Å². The minimum Gasteiger partial charge on any atom is -0.348 e. The van der Waals surface area contributed by atoms with Crippen LogP contribution in [-0.2, 0) is 0 Å². The average Bonchev–Trinajstić information content (AvgIpc) is 3.28. The number of nitrogens with one attached hydrogen (secondary N) is 1. The Morgan fingerprint density at radius 1 is 0.906 bits per heavy atom. The van der Waals surface area contributed by atoms with Gasteiger partial charge in [0, 0.05) is 18.0 Å². The van der Waals surface area contributed by atoms with Crippen LogP contribution in [-0.4, -0.2) is 35.7 Å². The zero-order valence-electron chi connectivity index (χ0n) is 17.7. The Kier molecular flexibility index (Phi) is 5.51. The van der Waals surface area contributed by atoms with Crippen molar-refractivity contribution in [1.82, 2.24) is 29.5 Å². The SMILES string of the molecule is CSc1nccc(-c2ccc3c(c2)ncn3-c2ccnc(N[C@@H](C)c3ccccc3)n2)n1. The number of aromatic nitrogens is 6. The zero-order valence-corrected chi connectivity index (χ0v) is 18.5. The summed E-state index contributed by atoms with van der Waals surface area (Å²) in [5.74, 6) is 1.33. The molecule has 8 heteroatoms. The van der Waals surface area contributed by atoms with Gasteiger partial charge in [-0.1, -0.05) is 48.2 Å². The maximum Gasteiger partial charge on any atom is 0.225 e. The van der Waals surface area contributed by atoms with Crippen LogP contribution in [0, 0.1) is 0 Å². The molecule has 1 atom stereocenters. The van der Waals surface area contributed by atoms with E-state index in [0.717, 1.165) is 33.3 Å². The third-order valence-corrected chi connectivity index (χ3v) is 5.75. The highest BCUT2D eigenvalue weighted by molar-refractivity contribution is 7.98. The Morgan fingerprint density at radius 3 is 2.59 bits per heavy atom. The van der Waals surface area contributed by atoms with Crippen LogP contribution in [0.15, 0.2) is 84.5 Å². The molecule has 0 saturated carbocycles. The molecule has 5 rings (SSSR count).